The van der Waals surface area contributed by atoms with Gasteiger partial charge in [0.25, 0.3) is 6.19 Å². The largest absolute Gasteiger partial charge is 0.315 e. The summed E-state index contributed by atoms with van der Waals surface area (Å²) in [4.78, 5) is 10.3. The second-order valence-electron chi connectivity index (χ2n) is 2.32. The van der Waals surface area contributed by atoms with Gasteiger partial charge in [-0.15, -0.1) is 5.10 Å². The van der Waals surface area contributed by atoms with E-state index in [-0.39, 0.29) is 17.6 Å². The second-order valence-corrected chi connectivity index (χ2v) is 2.32. The van der Waals surface area contributed by atoms with Crippen LogP contribution in [0.15, 0.2) is 5.10 Å². The van der Waals surface area contributed by atoms with Crippen LogP contribution in [0.25, 0.3) is 0 Å². The number of hydrazine groups is 2. The maximum atomic E-state index is 10.3. The first-order valence-corrected chi connectivity index (χ1v) is 3.22. The van der Waals surface area contributed by atoms with Crippen molar-refractivity contribution in [1.82, 2.24) is 15.0 Å². The molecule has 0 aromatic carbocycles. The standard InChI is InChI=1S/C4H7N7O2/c1-8-3-9(6)4(7-8)10(2-5)11(12)13/h3,6H2,1H3. The van der Waals surface area contributed by atoms with Crippen molar-refractivity contribution in [1.29, 1.82) is 5.26 Å². The number of rotatable bonds is 1. The summed E-state index contributed by atoms with van der Waals surface area (Å²) in [7, 11) is 1.59. The predicted molar refractivity (Wildman–Crippen MR) is 40.5 cm³/mol. The molecule has 0 fully saturated rings. The van der Waals surface area contributed by atoms with Crippen LogP contribution in [0.3, 0.4) is 0 Å². The fourth-order valence-electron chi connectivity index (χ4n) is 0.844. The van der Waals surface area contributed by atoms with Crippen molar-refractivity contribution >= 4 is 5.96 Å². The molecule has 13 heavy (non-hydrogen) atoms. The summed E-state index contributed by atoms with van der Waals surface area (Å²) in [6.45, 7) is 0.210. The Kier molecular flexibility index (Phi) is 2.16. The minimum atomic E-state index is -0.891. The van der Waals surface area contributed by atoms with E-state index >= 15 is 0 Å². The van der Waals surface area contributed by atoms with E-state index < -0.39 is 5.03 Å². The average Bonchev–Trinajstić information content (AvgIpc) is 2.31. The number of hydrogen-bond acceptors (Lipinski definition) is 7. The summed E-state index contributed by atoms with van der Waals surface area (Å²) < 4.78 is 0. The zero-order valence-corrected chi connectivity index (χ0v) is 6.78. The highest BCUT2D eigenvalue weighted by Crippen LogP contribution is 2.04. The second kappa shape index (κ2) is 3.11. The molecule has 1 heterocycles. The number of nitrogens with two attached hydrogens (primary N) is 1. The van der Waals surface area contributed by atoms with Crippen LogP contribution in [0.1, 0.15) is 0 Å². The molecule has 9 heteroatoms. The normalized spacial score (nSPS) is 15.3. The zero-order valence-electron chi connectivity index (χ0n) is 6.78. The van der Waals surface area contributed by atoms with E-state index in [1.807, 2.05) is 0 Å². The van der Waals surface area contributed by atoms with Crippen LogP contribution in [-0.4, -0.2) is 39.7 Å². The lowest BCUT2D eigenvalue weighted by Gasteiger charge is -2.12. The highest BCUT2D eigenvalue weighted by atomic mass is 16.7. The molecule has 0 saturated heterocycles. The van der Waals surface area contributed by atoms with Crippen LogP contribution in [0.2, 0.25) is 0 Å². The summed E-state index contributed by atoms with van der Waals surface area (Å²) in [6.07, 6.45) is 1.35. The fraction of sp³-hybridized carbons (Fsp3) is 0.500. The number of nitro groups is 1. The van der Waals surface area contributed by atoms with Crippen LogP contribution in [0, 0.1) is 21.6 Å². The van der Waals surface area contributed by atoms with E-state index in [4.69, 9.17) is 11.1 Å². The van der Waals surface area contributed by atoms with Gasteiger partial charge in [0.15, 0.2) is 5.03 Å². The Balaban J connectivity index is 2.88. The van der Waals surface area contributed by atoms with E-state index in [1.165, 1.54) is 11.2 Å². The summed E-state index contributed by atoms with van der Waals surface area (Å²) in [5, 5.41) is 24.1. The summed E-state index contributed by atoms with van der Waals surface area (Å²) >= 11 is 0. The minimum absolute atomic E-state index is 0.198. The maximum absolute atomic E-state index is 10.3. The predicted octanol–water partition coefficient (Wildman–Crippen LogP) is -1.69. The van der Waals surface area contributed by atoms with E-state index in [9.17, 15) is 10.1 Å². The lowest BCUT2D eigenvalue weighted by atomic mass is 10.8. The van der Waals surface area contributed by atoms with Gasteiger partial charge in [0.2, 0.25) is 0 Å². The molecule has 1 aliphatic heterocycles. The third-order valence-electron chi connectivity index (χ3n) is 1.32. The first-order chi connectivity index (χ1) is 6.06. The van der Waals surface area contributed by atoms with Gasteiger partial charge in [-0.2, -0.15) is 5.26 Å². The van der Waals surface area contributed by atoms with Crippen molar-refractivity contribution < 1.29 is 5.03 Å². The van der Waals surface area contributed by atoms with Gasteiger partial charge in [-0.25, -0.2) is 16.0 Å². The van der Waals surface area contributed by atoms with Gasteiger partial charge in [-0.05, 0) is 0 Å². The number of nitriles is 1. The SMILES string of the molecule is CN1CN(N)C(N(C#N)[N+](=O)[O-])=N1. The van der Waals surface area contributed by atoms with Crippen molar-refractivity contribution in [2.75, 3.05) is 13.7 Å². The Bertz CT molecular complexity index is 293. The average molecular weight is 185 g/mol. The third-order valence-corrected chi connectivity index (χ3v) is 1.32. The van der Waals surface area contributed by atoms with Crippen molar-refractivity contribution in [3.8, 4) is 6.19 Å². The maximum Gasteiger partial charge on any atom is 0.315 e. The van der Waals surface area contributed by atoms with E-state index in [2.05, 4.69) is 5.10 Å². The van der Waals surface area contributed by atoms with Crippen LogP contribution < -0.4 is 5.84 Å². The van der Waals surface area contributed by atoms with Crippen LogP contribution in [0.5, 0.6) is 0 Å². The molecule has 0 atom stereocenters. The summed E-state index contributed by atoms with van der Waals surface area (Å²) in [6, 6.07) is 0. The van der Waals surface area contributed by atoms with Gasteiger partial charge < -0.3 is 0 Å². The molecule has 0 unspecified atom stereocenters. The van der Waals surface area contributed by atoms with Crippen molar-refractivity contribution in [2.45, 2.75) is 0 Å². The molecule has 0 saturated carbocycles. The van der Waals surface area contributed by atoms with E-state index in [1.54, 1.807) is 7.05 Å². The molecule has 9 nitrogen and oxygen atoms in total. The first kappa shape index (κ1) is 9.01. The van der Waals surface area contributed by atoms with Crippen LogP contribution in [-0.2, 0) is 0 Å². The number of hydrazone groups is 1. The highest BCUT2D eigenvalue weighted by Gasteiger charge is 2.31. The smallest absolute Gasteiger partial charge is 0.275 e. The molecule has 1 aliphatic rings. The Labute approximate surface area is 73.3 Å². The molecule has 0 aliphatic carbocycles. The van der Waals surface area contributed by atoms with E-state index in [0.29, 0.717) is 0 Å². The van der Waals surface area contributed by atoms with Gasteiger partial charge >= 0.3 is 5.96 Å². The Morgan fingerprint density at radius 3 is 2.85 bits per heavy atom. The van der Waals surface area contributed by atoms with E-state index in [0.717, 1.165) is 5.01 Å². The van der Waals surface area contributed by atoms with Crippen molar-refractivity contribution in [2.24, 2.45) is 10.9 Å². The number of nitrogens with zero attached hydrogens (tertiary/aromatic N) is 6. The van der Waals surface area contributed by atoms with Crippen LogP contribution in [0.4, 0.5) is 0 Å². The molecule has 0 bridgehead atoms. The Morgan fingerprint density at radius 1 is 1.92 bits per heavy atom. The van der Waals surface area contributed by atoms with Gasteiger partial charge in [0, 0.05) is 12.1 Å². The van der Waals surface area contributed by atoms with Crippen molar-refractivity contribution in [3.63, 3.8) is 0 Å². The first-order valence-electron chi connectivity index (χ1n) is 3.22. The molecule has 0 radical (unpaired) electrons. The molecule has 1 rings (SSSR count). The zero-order chi connectivity index (χ0) is 10.0. The fourth-order valence-corrected chi connectivity index (χ4v) is 0.844. The quantitative estimate of drug-likeness (QED) is 0.170. The summed E-state index contributed by atoms with van der Waals surface area (Å²) in [5.74, 6) is 5.15. The van der Waals surface area contributed by atoms with Crippen LogP contribution >= 0.6 is 0 Å². The molecular formula is C4H7N7O2. The molecule has 0 aromatic heterocycles. The van der Waals surface area contributed by atoms with Gasteiger partial charge in [-0.1, -0.05) is 0 Å². The lowest BCUT2D eigenvalue weighted by Crippen LogP contribution is -2.46. The van der Waals surface area contributed by atoms with Crippen molar-refractivity contribution in [3.05, 3.63) is 10.1 Å². The minimum Gasteiger partial charge on any atom is -0.275 e. The molecular weight excluding hydrogens is 178 g/mol. The van der Waals surface area contributed by atoms with Gasteiger partial charge in [0.05, 0.1) is 0 Å². The number of hydrogen-bond donors (Lipinski definition) is 1. The number of guanidine groups is 1. The Morgan fingerprint density at radius 2 is 2.54 bits per heavy atom. The van der Waals surface area contributed by atoms with Gasteiger partial charge in [-0.3, -0.25) is 10.0 Å². The topological polar surface area (TPSA) is 115 Å². The lowest BCUT2D eigenvalue weighted by molar-refractivity contribution is -0.612. The summed E-state index contributed by atoms with van der Waals surface area (Å²) in [5.41, 5.74) is 0. The molecule has 2 N–H and O–H groups in total. The molecule has 0 amide bonds. The highest BCUT2D eigenvalue weighted by molar-refractivity contribution is 5.80. The Hall–Kier alpha value is -2.08. The molecule has 0 aromatic rings. The molecule has 70 valence electrons. The van der Waals surface area contributed by atoms with Gasteiger partial charge in [0.1, 0.15) is 6.67 Å². The third kappa shape index (κ3) is 1.57. The molecule has 0 spiro atoms. The monoisotopic (exact) mass is 185 g/mol.